The number of carbonyl (C=O) groups excluding carboxylic acids is 1. The maximum Gasteiger partial charge on any atom is 0.326 e. The lowest BCUT2D eigenvalue weighted by Gasteiger charge is -2.16. The van der Waals surface area contributed by atoms with E-state index in [1.807, 2.05) is 13.8 Å². The molecule has 5 heteroatoms. The topological polar surface area (TPSA) is 66.4 Å². The van der Waals surface area contributed by atoms with Crippen LogP contribution in [0.5, 0.6) is 0 Å². The molecule has 1 aromatic rings. The summed E-state index contributed by atoms with van der Waals surface area (Å²) in [5.74, 6) is -1.12. The summed E-state index contributed by atoms with van der Waals surface area (Å²) in [6.07, 6.45) is 0.491. The Morgan fingerprint density at radius 1 is 1.32 bits per heavy atom. The summed E-state index contributed by atoms with van der Waals surface area (Å²) < 4.78 is 0. The van der Waals surface area contributed by atoms with Crippen molar-refractivity contribution in [2.24, 2.45) is 5.92 Å². The summed E-state index contributed by atoms with van der Waals surface area (Å²) >= 11 is 5.99. The molecule has 0 bridgehead atoms. The van der Waals surface area contributed by atoms with E-state index in [4.69, 9.17) is 16.7 Å². The second-order valence-corrected chi connectivity index (χ2v) is 5.26. The number of halogens is 1. The van der Waals surface area contributed by atoms with Crippen LogP contribution in [-0.2, 0) is 16.0 Å². The summed E-state index contributed by atoms with van der Waals surface area (Å²) in [6, 6.07) is 6.07. The van der Waals surface area contributed by atoms with E-state index in [0.717, 1.165) is 0 Å². The zero-order valence-corrected chi connectivity index (χ0v) is 11.8. The predicted molar refractivity (Wildman–Crippen MR) is 74.2 cm³/mol. The number of hydrogen-bond donors (Lipinski definition) is 2. The summed E-state index contributed by atoms with van der Waals surface area (Å²) in [4.78, 5) is 22.8. The minimum Gasteiger partial charge on any atom is -0.480 e. The number of aliphatic carboxylic acids is 1. The molecule has 4 nitrogen and oxygen atoms in total. The fraction of sp³-hybridized carbons (Fsp3) is 0.429. The Morgan fingerprint density at radius 3 is 2.47 bits per heavy atom. The van der Waals surface area contributed by atoms with Crippen molar-refractivity contribution in [1.29, 1.82) is 0 Å². The lowest BCUT2D eigenvalue weighted by molar-refractivity contribution is -0.141. The largest absolute Gasteiger partial charge is 0.480 e. The molecular formula is C14H18ClNO3. The number of carboxylic acids is 1. The van der Waals surface area contributed by atoms with E-state index in [2.05, 4.69) is 5.32 Å². The fourth-order valence-corrected chi connectivity index (χ4v) is 1.92. The lowest BCUT2D eigenvalue weighted by Crippen LogP contribution is -2.42. The Bertz CT molecular complexity index is 460. The SMILES string of the molecule is CC(C)CC(=O)N[C@H](Cc1ccccc1Cl)C(=O)O. The molecule has 1 aromatic carbocycles. The van der Waals surface area contributed by atoms with E-state index in [1.54, 1.807) is 24.3 Å². The molecule has 0 fully saturated rings. The first-order chi connectivity index (χ1) is 8.90. The van der Waals surface area contributed by atoms with Crippen molar-refractivity contribution in [2.45, 2.75) is 32.7 Å². The normalized spacial score (nSPS) is 12.2. The number of carbonyl (C=O) groups is 2. The minimum atomic E-state index is -1.06. The zero-order chi connectivity index (χ0) is 14.4. The van der Waals surface area contributed by atoms with Gasteiger partial charge < -0.3 is 10.4 Å². The number of rotatable bonds is 6. The van der Waals surface area contributed by atoms with Gasteiger partial charge in [-0.1, -0.05) is 43.6 Å². The second kappa shape index (κ2) is 7.14. The third-order valence-corrected chi connectivity index (χ3v) is 2.98. The van der Waals surface area contributed by atoms with Crippen LogP contribution in [0.15, 0.2) is 24.3 Å². The Labute approximate surface area is 117 Å². The first kappa shape index (κ1) is 15.5. The van der Waals surface area contributed by atoms with Crippen LogP contribution in [0, 0.1) is 5.92 Å². The molecule has 0 unspecified atom stereocenters. The maximum atomic E-state index is 11.6. The predicted octanol–water partition coefficient (Wildman–Crippen LogP) is 2.50. The average Bonchev–Trinajstić information content (AvgIpc) is 2.29. The summed E-state index contributed by atoms with van der Waals surface area (Å²) in [5.41, 5.74) is 0.710. The number of hydrogen-bond acceptors (Lipinski definition) is 2. The van der Waals surface area contributed by atoms with Crippen LogP contribution in [0.25, 0.3) is 0 Å². The van der Waals surface area contributed by atoms with Crippen molar-refractivity contribution in [1.82, 2.24) is 5.32 Å². The monoisotopic (exact) mass is 283 g/mol. The van der Waals surface area contributed by atoms with Crippen molar-refractivity contribution < 1.29 is 14.7 Å². The minimum absolute atomic E-state index is 0.179. The van der Waals surface area contributed by atoms with E-state index in [-0.39, 0.29) is 18.2 Å². The second-order valence-electron chi connectivity index (χ2n) is 4.85. The van der Waals surface area contributed by atoms with Crippen molar-refractivity contribution in [3.05, 3.63) is 34.9 Å². The molecule has 0 saturated carbocycles. The molecule has 104 valence electrons. The van der Waals surface area contributed by atoms with Gasteiger partial charge in [0.25, 0.3) is 0 Å². The Hall–Kier alpha value is -1.55. The van der Waals surface area contributed by atoms with Gasteiger partial charge in [-0.05, 0) is 17.5 Å². The van der Waals surface area contributed by atoms with Gasteiger partial charge in [-0.2, -0.15) is 0 Å². The molecule has 2 N–H and O–H groups in total. The van der Waals surface area contributed by atoms with Crippen molar-refractivity contribution in [3.63, 3.8) is 0 Å². The van der Waals surface area contributed by atoms with Gasteiger partial charge in [0.1, 0.15) is 6.04 Å². The molecule has 0 radical (unpaired) electrons. The van der Waals surface area contributed by atoms with Gasteiger partial charge in [0.05, 0.1) is 0 Å². The van der Waals surface area contributed by atoms with Crippen LogP contribution in [-0.4, -0.2) is 23.0 Å². The lowest BCUT2D eigenvalue weighted by atomic mass is 10.0. The van der Waals surface area contributed by atoms with E-state index in [9.17, 15) is 9.59 Å². The highest BCUT2D eigenvalue weighted by molar-refractivity contribution is 6.31. The molecule has 1 rings (SSSR count). The summed E-state index contributed by atoms with van der Waals surface area (Å²) in [7, 11) is 0. The Kier molecular flexibility index (Phi) is 5.83. The molecule has 0 saturated heterocycles. The number of benzene rings is 1. The Morgan fingerprint density at radius 2 is 1.95 bits per heavy atom. The van der Waals surface area contributed by atoms with E-state index < -0.39 is 12.0 Å². The standard InChI is InChI=1S/C14H18ClNO3/c1-9(2)7-13(17)16-12(14(18)19)8-10-5-3-4-6-11(10)15/h3-6,9,12H,7-8H2,1-2H3,(H,16,17)(H,18,19)/t12-/m1/s1. The van der Waals surface area contributed by atoms with E-state index in [0.29, 0.717) is 17.0 Å². The number of carboxylic acid groups (broad SMARTS) is 1. The van der Waals surface area contributed by atoms with Gasteiger partial charge >= 0.3 is 5.97 Å². The molecule has 1 atom stereocenters. The maximum absolute atomic E-state index is 11.6. The highest BCUT2D eigenvalue weighted by atomic mass is 35.5. The smallest absolute Gasteiger partial charge is 0.326 e. The molecule has 0 aliphatic carbocycles. The highest BCUT2D eigenvalue weighted by Crippen LogP contribution is 2.17. The first-order valence-corrected chi connectivity index (χ1v) is 6.53. The molecule has 0 aromatic heterocycles. The number of amides is 1. The Balaban J connectivity index is 2.71. The average molecular weight is 284 g/mol. The zero-order valence-electron chi connectivity index (χ0n) is 11.0. The van der Waals surface area contributed by atoms with Crippen LogP contribution >= 0.6 is 11.6 Å². The van der Waals surface area contributed by atoms with Gasteiger partial charge in [0.15, 0.2) is 0 Å². The third-order valence-electron chi connectivity index (χ3n) is 2.61. The molecule has 0 aliphatic rings. The highest BCUT2D eigenvalue weighted by Gasteiger charge is 2.21. The van der Waals surface area contributed by atoms with Crippen LogP contribution in [0.1, 0.15) is 25.8 Å². The van der Waals surface area contributed by atoms with Crippen LogP contribution in [0.3, 0.4) is 0 Å². The van der Waals surface area contributed by atoms with Crippen LogP contribution < -0.4 is 5.32 Å². The van der Waals surface area contributed by atoms with Crippen molar-refractivity contribution in [2.75, 3.05) is 0 Å². The summed E-state index contributed by atoms with van der Waals surface area (Å²) in [5, 5.41) is 12.2. The van der Waals surface area contributed by atoms with Gasteiger partial charge in [-0.3, -0.25) is 4.79 Å². The first-order valence-electron chi connectivity index (χ1n) is 6.15. The molecule has 1 amide bonds. The fourth-order valence-electron chi connectivity index (χ4n) is 1.71. The van der Waals surface area contributed by atoms with Gasteiger partial charge in [0, 0.05) is 17.9 Å². The van der Waals surface area contributed by atoms with Gasteiger partial charge in [-0.25, -0.2) is 4.79 Å². The van der Waals surface area contributed by atoms with Gasteiger partial charge in [-0.15, -0.1) is 0 Å². The van der Waals surface area contributed by atoms with E-state index >= 15 is 0 Å². The molecule has 0 aliphatic heterocycles. The number of nitrogens with one attached hydrogen (secondary N) is 1. The van der Waals surface area contributed by atoms with Crippen LogP contribution in [0.4, 0.5) is 0 Å². The van der Waals surface area contributed by atoms with Crippen LogP contribution in [0.2, 0.25) is 5.02 Å². The molecular weight excluding hydrogens is 266 g/mol. The van der Waals surface area contributed by atoms with Gasteiger partial charge in [0.2, 0.25) is 5.91 Å². The van der Waals surface area contributed by atoms with Crippen molar-refractivity contribution >= 4 is 23.5 Å². The summed E-state index contributed by atoms with van der Waals surface area (Å²) in [6.45, 7) is 3.81. The quantitative estimate of drug-likeness (QED) is 0.843. The molecule has 0 spiro atoms. The molecule has 0 heterocycles. The third kappa shape index (κ3) is 5.30. The van der Waals surface area contributed by atoms with Crippen molar-refractivity contribution in [3.8, 4) is 0 Å². The van der Waals surface area contributed by atoms with E-state index in [1.165, 1.54) is 0 Å². The molecule has 19 heavy (non-hydrogen) atoms.